The van der Waals surface area contributed by atoms with Crippen LogP contribution in [0, 0.1) is 6.92 Å². The third-order valence-corrected chi connectivity index (χ3v) is 3.12. The van der Waals surface area contributed by atoms with Crippen molar-refractivity contribution in [1.29, 1.82) is 0 Å². The Morgan fingerprint density at radius 3 is 2.81 bits per heavy atom. The summed E-state index contributed by atoms with van der Waals surface area (Å²) in [6.45, 7) is 6.61. The second-order valence-electron chi connectivity index (χ2n) is 4.90. The molecule has 5 heteroatoms. The van der Waals surface area contributed by atoms with Crippen molar-refractivity contribution in [3.63, 3.8) is 0 Å². The van der Waals surface area contributed by atoms with Crippen LogP contribution in [0.5, 0.6) is 5.75 Å². The number of H-pyrrole nitrogens is 1. The number of nitrogens with zero attached hydrogens (tertiary/aromatic N) is 1. The van der Waals surface area contributed by atoms with Crippen LogP contribution >= 0.6 is 0 Å². The Morgan fingerprint density at radius 2 is 2.14 bits per heavy atom. The van der Waals surface area contributed by atoms with Gasteiger partial charge in [0, 0.05) is 11.4 Å². The molecule has 2 N–H and O–H groups in total. The van der Waals surface area contributed by atoms with E-state index in [1.807, 2.05) is 32.0 Å². The molecule has 1 heterocycles. The third kappa shape index (κ3) is 3.84. The highest BCUT2D eigenvalue weighted by atomic mass is 16.5. The van der Waals surface area contributed by atoms with Crippen molar-refractivity contribution in [2.75, 3.05) is 11.9 Å². The van der Waals surface area contributed by atoms with E-state index in [0.717, 1.165) is 35.5 Å². The smallest absolute Gasteiger partial charge is 0.276 e. The number of rotatable bonds is 6. The Hall–Kier alpha value is -2.30. The minimum absolute atomic E-state index is 0.211. The number of nitrogens with one attached hydrogen (secondary N) is 2. The molecule has 0 fully saturated rings. The number of carbonyl (C=O) groups excluding carboxylic acids is 1. The molecule has 0 saturated carbocycles. The number of hydrogen-bond acceptors (Lipinski definition) is 3. The van der Waals surface area contributed by atoms with Crippen LogP contribution in [0.4, 0.5) is 5.69 Å². The summed E-state index contributed by atoms with van der Waals surface area (Å²) in [5.41, 5.74) is 3.11. The number of anilines is 1. The summed E-state index contributed by atoms with van der Waals surface area (Å²) in [5.74, 6) is 0.623. The highest BCUT2D eigenvalue weighted by Crippen LogP contribution is 2.22. The van der Waals surface area contributed by atoms with Gasteiger partial charge in [0.15, 0.2) is 5.69 Å². The number of carbonyl (C=O) groups is 1. The number of ether oxygens (including phenoxy) is 1. The van der Waals surface area contributed by atoms with Crippen molar-refractivity contribution in [3.05, 3.63) is 41.2 Å². The minimum Gasteiger partial charge on any atom is -0.494 e. The minimum atomic E-state index is -0.211. The van der Waals surface area contributed by atoms with Gasteiger partial charge in [-0.1, -0.05) is 13.3 Å². The average molecular weight is 287 g/mol. The second kappa shape index (κ2) is 6.92. The second-order valence-corrected chi connectivity index (χ2v) is 4.90. The van der Waals surface area contributed by atoms with E-state index in [4.69, 9.17) is 4.74 Å². The molecule has 0 spiro atoms. The van der Waals surface area contributed by atoms with E-state index < -0.39 is 0 Å². The highest BCUT2D eigenvalue weighted by molar-refractivity contribution is 6.03. The maximum absolute atomic E-state index is 12.1. The highest BCUT2D eigenvalue weighted by Gasteiger charge is 2.11. The van der Waals surface area contributed by atoms with E-state index in [1.54, 1.807) is 6.07 Å². The molecule has 0 bridgehead atoms. The lowest BCUT2D eigenvalue weighted by atomic mass is 10.2. The fraction of sp³-hybridized carbons (Fsp3) is 0.375. The van der Waals surface area contributed by atoms with E-state index in [9.17, 15) is 4.79 Å². The van der Waals surface area contributed by atoms with Crippen LogP contribution in [-0.2, 0) is 6.42 Å². The SMILES string of the molecule is CCCc1cc(C(=O)Nc2ccc(OCC)c(C)c2)n[nH]1. The number of aryl methyl sites for hydroxylation is 2. The molecule has 2 aromatic rings. The molecule has 0 aliphatic carbocycles. The summed E-state index contributed by atoms with van der Waals surface area (Å²) in [4.78, 5) is 12.1. The van der Waals surface area contributed by atoms with Gasteiger partial charge < -0.3 is 10.1 Å². The molecule has 1 amide bonds. The van der Waals surface area contributed by atoms with Crippen LogP contribution in [0.15, 0.2) is 24.3 Å². The molecule has 112 valence electrons. The Morgan fingerprint density at radius 1 is 1.33 bits per heavy atom. The number of hydrogen-bond donors (Lipinski definition) is 2. The summed E-state index contributed by atoms with van der Waals surface area (Å²) < 4.78 is 5.48. The fourth-order valence-electron chi connectivity index (χ4n) is 2.12. The lowest BCUT2D eigenvalue weighted by Crippen LogP contribution is -2.12. The van der Waals surface area contributed by atoms with Crippen LogP contribution in [0.25, 0.3) is 0 Å². The summed E-state index contributed by atoms with van der Waals surface area (Å²) in [7, 11) is 0. The van der Waals surface area contributed by atoms with Gasteiger partial charge in [-0.3, -0.25) is 9.89 Å². The molecule has 0 unspecified atom stereocenters. The van der Waals surface area contributed by atoms with Gasteiger partial charge in [0.05, 0.1) is 6.61 Å². The molecule has 0 aliphatic rings. The van der Waals surface area contributed by atoms with Gasteiger partial charge in [-0.25, -0.2) is 0 Å². The molecule has 0 atom stereocenters. The Labute approximate surface area is 124 Å². The molecule has 5 nitrogen and oxygen atoms in total. The molecule has 0 radical (unpaired) electrons. The van der Waals surface area contributed by atoms with Crippen molar-refractivity contribution in [1.82, 2.24) is 10.2 Å². The van der Waals surface area contributed by atoms with Crippen LogP contribution in [0.1, 0.15) is 42.0 Å². The van der Waals surface area contributed by atoms with E-state index in [-0.39, 0.29) is 5.91 Å². The molecular formula is C16H21N3O2. The summed E-state index contributed by atoms with van der Waals surface area (Å²) in [6, 6.07) is 7.37. The number of aromatic nitrogens is 2. The summed E-state index contributed by atoms with van der Waals surface area (Å²) in [6.07, 6.45) is 1.91. The first kappa shape index (κ1) is 15.1. The average Bonchev–Trinajstić information content (AvgIpc) is 2.91. The normalized spacial score (nSPS) is 10.4. The maximum Gasteiger partial charge on any atom is 0.276 e. The first-order valence-electron chi connectivity index (χ1n) is 7.23. The number of amides is 1. The quantitative estimate of drug-likeness (QED) is 0.856. The predicted octanol–water partition coefficient (Wildman–Crippen LogP) is 3.32. The molecule has 1 aromatic carbocycles. The largest absolute Gasteiger partial charge is 0.494 e. The van der Waals surface area contributed by atoms with E-state index in [0.29, 0.717) is 12.3 Å². The lowest BCUT2D eigenvalue weighted by Gasteiger charge is -2.09. The zero-order chi connectivity index (χ0) is 15.2. The number of aromatic amines is 1. The summed E-state index contributed by atoms with van der Waals surface area (Å²) in [5, 5.41) is 9.77. The molecule has 21 heavy (non-hydrogen) atoms. The van der Waals surface area contributed by atoms with E-state index in [1.165, 1.54) is 0 Å². The molecular weight excluding hydrogens is 266 g/mol. The topological polar surface area (TPSA) is 67.0 Å². The van der Waals surface area contributed by atoms with Gasteiger partial charge in [-0.15, -0.1) is 0 Å². The van der Waals surface area contributed by atoms with Crippen LogP contribution in [-0.4, -0.2) is 22.7 Å². The van der Waals surface area contributed by atoms with Crippen molar-refractivity contribution in [2.24, 2.45) is 0 Å². The first-order valence-corrected chi connectivity index (χ1v) is 7.23. The Balaban J connectivity index is 2.06. The molecule has 2 rings (SSSR count). The van der Waals surface area contributed by atoms with Crippen molar-refractivity contribution in [3.8, 4) is 5.75 Å². The Bertz CT molecular complexity index is 620. The van der Waals surface area contributed by atoms with Crippen molar-refractivity contribution >= 4 is 11.6 Å². The van der Waals surface area contributed by atoms with Crippen molar-refractivity contribution < 1.29 is 9.53 Å². The molecule has 1 aromatic heterocycles. The molecule has 0 saturated heterocycles. The van der Waals surface area contributed by atoms with Crippen molar-refractivity contribution in [2.45, 2.75) is 33.6 Å². The van der Waals surface area contributed by atoms with Crippen LogP contribution < -0.4 is 10.1 Å². The van der Waals surface area contributed by atoms with Gasteiger partial charge in [-0.2, -0.15) is 5.10 Å². The zero-order valence-electron chi connectivity index (χ0n) is 12.7. The van der Waals surface area contributed by atoms with Gasteiger partial charge in [0.25, 0.3) is 5.91 Å². The standard InChI is InChI=1S/C16H21N3O2/c1-4-6-13-10-14(19-18-13)16(20)17-12-7-8-15(21-5-2)11(3)9-12/h7-10H,4-6H2,1-3H3,(H,17,20)(H,18,19). The first-order chi connectivity index (χ1) is 10.1. The third-order valence-electron chi connectivity index (χ3n) is 3.12. The number of benzene rings is 1. The zero-order valence-corrected chi connectivity index (χ0v) is 12.7. The lowest BCUT2D eigenvalue weighted by molar-refractivity contribution is 0.102. The van der Waals surface area contributed by atoms with Gasteiger partial charge in [0.1, 0.15) is 5.75 Å². The fourth-order valence-corrected chi connectivity index (χ4v) is 2.12. The molecule has 0 aliphatic heterocycles. The maximum atomic E-state index is 12.1. The van der Waals surface area contributed by atoms with Crippen LogP contribution in [0.2, 0.25) is 0 Å². The van der Waals surface area contributed by atoms with Gasteiger partial charge in [-0.05, 0) is 50.1 Å². The van der Waals surface area contributed by atoms with E-state index in [2.05, 4.69) is 22.4 Å². The monoisotopic (exact) mass is 287 g/mol. The van der Waals surface area contributed by atoms with Gasteiger partial charge in [0.2, 0.25) is 0 Å². The predicted molar refractivity (Wildman–Crippen MR) is 82.9 cm³/mol. The van der Waals surface area contributed by atoms with Crippen LogP contribution in [0.3, 0.4) is 0 Å². The summed E-state index contributed by atoms with van der Waals surface area (Å²) >= 11 is 0. The van der Waals surface area contributed by atoms with Gasteiger partial charge >= 0.3 is 0 Å². The Kier molecular flexibility index (Phi) is 4.98. The van der Waals surface area contributed by atoms with E-state index >= 15 is 0 Å².